The molecule has 0 unspecified atom stereocenters. The Labute approximate surface area is 149 Å². The van der Waals surface area contributed by atoms with E-state index in [0.29, 0.717) is 5.57 Å². The lowest BCUT2D eigenvalue weighted by molar-refractivity contribution is 0.217. The lowest BCUT2D eigenvalue weighted by Crippen LogP contribution is -2.09. The third kappa shape index (κ3) is 4.08. The van der Waals surface area contributed by atoms with E-state index in [1.807, 2.05) is 48.5 Å². The van der Waals surface area contributed by atoms with Gasteiger partial charge in [0.05, 0.1) is 17.7 Å². The minimum atomic E-state index is 0.202. The van der Waals surface area contributed by atoms with E-state index in [4.69, 9.17) is 4.74 Å². The largest absolute Gasteiger partial charge is 0.491 e. The van der Waals surface area contributed by atoms with Crippen LogP contribution in [0.15, 0.2) is 66.7 Å². The summed E-state index contributed by atoms with van der Waals surface area (Å²) in [5.41, 5.74) is 2.57. The van der Waals surface area contributed by atoms with Gasteiger partial charge in [-0.3, -0.25) is 0 Å². The molecule has 1 atom stereocenters. The Morgan fingerprint density at radius 3 is 2.44 bits per heavy atom. The highest BCUT2D eigenvalue weighted by molar-refractivity contribution is 5.94. The molecule has 124 valence electrons. The van der Waals surface area contributed by atoms with Gasteiger partial charge >= 0.3 is 0 Å². The molecule has 0 amide bonds. The summed E-state index contributed by atoms with van der Waals surface area (Å²) in [6.45, 7) is 4.16. The monoisotopic (exact) mass is 327 g/mol. The summed E-state index contributed by atoms with van der Waals surface area (Å²) in [6.07, 6.45) is 3.09. The van der Waals surface area contributed by atoms with Gasteiger partial charge in [0, 0.05) is 0 Å². The van der Waals surface area contributed by atoms with Gasteiger partial charge in [-0.15, -0.1) is 0 Å². The second-order valence-corrected chi connectivity index (χ2v) is 6.14. The summed E-state index contributed by atoms with van der Waals surface area (Å²) in [6, 6.07) is 24.5. The molecular weight excluding hydrogens is 306 g/mol. The fourth-order valence-electron chi connectivity index (χ4n) is 2.66. The Bertz CT molecular complexity index is 932. The number of fused-ring (bicyclic) bond motifs is 1. The first-order valence-corrected chi connectivity index (χ1v) is 8.57. The van der Waals surface area contributed by atoms with Crippen molar-refractivity contribution in [3.8, 4) is 11.8 Å². The van der Waals surface area contributed by atoms with E-state index in [1.54, 1.807) is 0 Å². The van der Waals surface area contributed by atoms with E-state index in [-0.39, 0.29) is 6.10 Å². The summed E-state index contributed by atoms with van der Waals surface area (Å²) in [7, 11) is 0. The van der Waals surface area contributed by atoms with Gasteiger partial charge in [-0.05, 0) is 59.5 Å². The van der Waals surface area contributed by atoms with Crippen LogP contribution in [-0.4, -0.2) is 6.10 Å². The third-order valence-electron chi connectivity index (χ3n) is 4.28. The maximum Gasteiger partial charge on any atom is 0.119 e. The molecule has 0 fully saturated rings. The molecule has 0 saturated heterocycles. The lowest BCUT2D eigenvalue weighted by atomic mass is 10.0. The van der Waals surface area contributed by atoms with Gasteiger partial charge in [0.1, 0.15) is 5.75 Å². The molecular formula is C23H21NO. The summed E-state index contributed by atoms with van der Waals surface area (Å²) in [5.74, 6) is 0.857. The molecule has 0 bridgehead atoms. The van der Waals surface area contributed by atoms with Crippen LogP contribution in [0.2, 0.25) is 0 Å². The normalized spacial score (nSPS) is 12.6. The van der Waals surface area contributed by atoms with Gasteiger partial charge in [-0.1, -0.05) is 55.5 Å². The molecule has 0 N–H and O–H groups in total. The van der Waals surface area contributed by atoms with Crippen LogP contribution in [0, 0.1) is 11.3 Å². The van der Waals surface area contributed by atoms with Gasteiger partial charge in [0.2, 0.25) is 0 Å². The number of rotatable bonds is 5. The highest BCUT2D eigenvalue weighted by Crippen LogP contribution is 2.24. The van der Waals surface area contributed by atoms with Crippen LogP contribution in [0.3, 0.4) is 0 Å². The molecule has 3 rings (SSSR count). The Morgan fingerprint density at radius 1 is 1.04 bits per heavy atom. The van der Waals surface area contributed by atoms with E-state index < -0.39 is 0 Å². The van der Waals surface area contributed by atoms with Gasteiger partial charge in [-0.25, -0.2) is 0 Å². The standard InChI is InChI=1S/C23H21NO/c1-3-17(2)25-23-12-8-18(9-13-23)14-22(16-24)21-11-10-19-6-4-5-7-20(19)15-21/h4-15,17H,3H2,1-2H3/b22-14-/t17-/m0/s1. The number of hydrogen-bond acceptors (Lipinski definition) is 2. The average Bonchev–Trinajstić information content (AvgIpc) is 2.67. The highest BCUT2D eigenvalue weighted by Gasteiger charge is 2.04. The van der Waals surface area contributed by atoms with E-state index in [9.17, 15) is 5.26 Å². The highest BCUT2D eigenvalue weighted by atomic mass is 16.5. The molecule has 0 aliphatic heterocycles. The Balaban J connectivity index is 1.87. The minimum Gasteiger partial charge on any atom is -0.491 e. The van der Waals surface area contributed by atoms with Gasteiger partial charge < -0.3 is 4.74 Å². The molecule has 0 heterocycles. The number of hydrogen-bond donors (Lipinski definition) is 0. The maximum atomic E-state index is 9.58. The summed E-state index contributed by atoms with van der Waals surface area (Å²) >= 11 is 0. The molecule has 2 heteroatoms. The lowest BCUT2D eigenvalue weighted by Gasteiger charge is -2.12. The number of allylic oxidation sites excluding steroid dienone is 1. The van der Waals surface area contributed by atoms with Gasteiger partial charge in [-0.2, -0.15) is 5.26 Å². The van der Waals surface area contributed by atoms with Gasteiger partial charge in [0.25, 0.3) is 0 Å². The van der Waals surface area contributed by atoms with E-state index >= 15 is 0 Å². The second-order valence-electron chi connectivity index (χ2n) is 6.14. The zero-order chi connectivity index (χ0) is 17.6. The summed E-state index contributed by atoms with van der Waals surface area (Å²) in [4.78, 5) is 0. The maximum absolute atomic E-state index is 9.58. The first-order chi connectivity index (χ1) is 12.2. The molecule has 0 aliphatic carbocycles. The minimum absolute atomic E-state index is 0.202. The molecule has 2 nitrogen and oxygen atoms in total. The molecule has 0 radical (unpaired) electrons. The van der Waals surface area contributed by atoms with Crippen LogP contribution in [0.1, 0.15) is 31.4 Å². The van der Waals surface area contributed by atoms with Crippen molar-refractivity contribution in [1.82, 2.24) is 0 Å². The molecule has 0 spiro atoms. The predicted octanol–water partition coefficient (Wildman–Crippen LogP) is 6.08. The van der Waals surface area contributed by atoms with Crippen molar-refractivity contribution < 1.29 is 4.74 Å². The fourth-order valence-corrected chi connectivity index (χ4v) is 2.66. The van der Waals surface area contributed by atoms with Crippen molar-refractivity contribution in [3.05, 3.63) is 77.9 Å². The van der Waals surface area contributed by atoms with Crippen LogP contribution in [0.5, 0.6) is 5.75 Å². The SMILES string of the molecule is CC[C@H](C)Oc1ccc(/C=C(/C#N)c2ccc3ccccc3c2)cc1. The van der Waals surface area contributed by atoms with E-state index in [0.717, 1.165) is 28.7 Å². The van der Waals surface area contributed by atoms with Crippen LogP contribution in [0.4, 0.5) is 0 Å². The number of nitriles is 1. The quantitative estimate of drug-likeness (QED) is 0.420. The van der Waals surface area contributed by atoms with Crippen molar-refractivity contribution >= 4 is 22.4 Å². The molecule has 0 aliphatic rings. The third-order valence-corrected chi connectivity index (χ3v) is 4.28. The Hall–Kier alpha value is -3.05. The smallest absolute Gasteiger partial charge is 0.119 e. The number of nitrogens with zero attached hydrogens (tertiary/aromatic N) is 1. The van der Waals surface area contributed by atoms with Crippen LogP contribution >= 0.6 is 0 Å². The second kappa shape index (κ2) is 7.68. The zero-order valence-corrected chi connectivity index (χ0v) is 14.6. The van der Waals surface area contributed by atoms with Crippen molar-refractivity contribution in [1.29, 1.82) is 5.26 Å². The first-order valence-electron chi connectivity index (χ1n) is 8.57. The van der Waals surface area contributed by atoms with E-state index in [2.05, 4.69) is 44.2 Å². The van der Waals surface area contributed by atoms with Crippen molar-refractivity contribution in [2.24, 2.45) is 0 Å². The molecule has 3 aromatic rings. The summed E-state index contributed by atoms with van der Waals surface area (Å²) < 4.78 is 5.80. The van der Waals surface area contributed by atoms with Crippen LogP contribution in [0.25, 0.3) is 22.4 Å². The predicted molar refractivity (Wildman–Crippen MR) is 104 cm³/mol. The Morgan fingerprint density at radius 2 is 1.76 bits per heavy atom. The van der Waals surface area contributed by atoms with Crippen molar-refractivity contribution in [2.45, 2.75) is 26.4 Å². The van der Waals surface area contributed by atoms with Crippen LogP contribution < -0.4 is 4.74 Å². The van der Waals surface area contributed by atoms with Crippen LogP contribution in [-0.2, 0) is 0 Å². The topological polar surface area (TPSA) is 33.0 Å². The molecule has 3 aromatic carbocycles. The number of ether oxygens (including phenoxy) is 1. The average molecular weight is 327 g/mol. The molecule has 0 aromatic heterocycles. The zero-order valence-electron chi connectivity index (χ0n) is 14.6. The summed E-state index contributed by atoms with van der Waals surface area (Å²) in [5, 5.41) is 11.9. The Kier molecular flexibility index (Phi) is 5.16. The van der Waals surface area contributed by atoms with Crippen molar-refractivity contribution in [2.75, 3.05) is 0 Å². The molecule has 0 saturated carbocycles. The first kappa shape index (κ1) is 16.8. The van der Waals surface area contributed by atoms with Crippen molar-refractivity contribution in [3.63, 3.8) is 0 Å². The van der Waals surface area contributed by atoms with E-state index in [1.165, 1.54) is 5.39 Å². The fraction of sp³-hybridized carbons (Fsp3) is 0.174. The number of benzene rings is 3. The molecule has 25 heavy (non-hydrogen) atoms. The van der Waals surface area contributed by atoms with Gasteiger partial charge in [0.15, 0.2) is 0 Å².